The summed E-state index contributed by atoms with van der Waals surface area (Å²) in [6, 6.07) is 1.67. The van der Waals surface area contributed by atoms with E-state index in [-0.39, 0.29) is 0 Å². The van der Waals surface area contributed by atoms with Crippen LogP contribution in [0.2, 0.25) is 0 Å². The number of aliphatic hydroxyl groups excluding tert-OH is 1. The van der Waals surface area contributed by atoms with Crippen molar-refractivity contribution in [3.05, 3.63) is 28.6 Å². The Bertz CT molecular complexity index is 528. The number of nitrogens with zero attached hydrogens (tertiary/aromatic N) is 1. The fourth-order valence-corrected chi connectivity index (χ4v) is 2.36. The van der Waals surface area contributed by atoms with E-state index in [9.17, 15) is 9.90 Å². The van der Waals surface area contributed by atoms with Gasteiger partial charge in [0.1, 0.15) is 0 Å². The maximum atomic E-state index is 11.9. The Kier molecular flexibility index (Phi) is 3.80. The number of aryl methyl sites for hydroxylation is 2. The van der Waals surface area contributed by atoms with Crippen LogP contribution in [0.15, 0.2) is 6.07 Å². The first-order valence-electron chi connectivity index (χ1n) is 6.33. The number of pyridine rings is 1. The fraction of sp³-hybridized carbons (Fsp3) is 0.462. The van der Waals surface area contributed by atoms with Crippen molar-refractivity contribution < 1.29 is 9.90 Å². The number of carbonyl (C=O) groups excluding carboxylic acids is 1. The Hall–Kier alpha value is -1.95. The Morgan fingerprint density at radius 3 is 3.00 bits per heavy atom. The summed E-state index contributed by atoms with van der Waals surface area (Å²) in [7, 11) is 0. The van der Waals surface area contributed by atoms with Gasteiger partial charge in [0.05, 0.1) is 17.4 Å². The summed E-state index contributed by atoms with van der Waals surface area (Å²) < 4.78 is 0. The quantitative estimate of drug-likeness (QED) is 0.340. The lowest BCUT2D eigenvalue weighted by molar-refractivity contribution is 0.0975. The van der Waals surface area contributed by atoms with Gasteiger partial charge in [-0.1, -0.05) is 6.42 Å². The van der Waals surface area contributed by atoms with Crippen molar-refractivity contribution >= 4 is 11.9 Å². The van der Waals surface area contributed by atoms with Crippen molar-refractivity contribution in [2.24, 2.45) is 5.73 Å². The first-order chi connectivity index (χ1) is 8.99. The number of amides is 1. The molecule has 0 bridgehead atoms. The number of guanidine groups is 1. The van der Waals surface area contributed by atoms with Gasteiger partial charge in [-0.05, 0) is 32.3 Å². The predicted molar refractivity (Wildman–Crippen MR) is 70.9 cm³/mol. The van der Waals surface area contributed by atoms with Gasteiger partial charge in [0.15, 0.2) is 5.96 Å². The van der Waals surface area contributed by atoms with Gasteiger partial charge in [-0.3, -0.25) is 20.5 Å². The molecule has 1 amide bonds. The molecule has 1 aliphatic carbocycles. The van der Waals surface area contributed by atoms with E-state index in [1.54, 1.807) is 13.0 Å². The van der Waals surface area contributed by atoms with Crippen LogP contribution in [0.1, 0.15) is 52.7 Å². The van der Waals surface area contributed by atoms with Gasteiger partial charge in [-0.15, -0.1) is 0 Å². The van der Waals surface area contributed by atoms with Crippen molar-refractivity contribution in [2.45, 2.75) is 38.7 Å². The second-order valence-electron chi connectivity index (χ2n) is 4.79. The summed E-state index contributed by atoms with van der Waals surface area (Å²) in [6.45, 7) is 1.74. The second kappa shape index (κ2) is 5.36. The zero-order chi connectivity index (χ0) is 14.0. The molecule has 6 nitrogen and oxygen atoms in total. The summed E-state index contributed by atoms with van der Waals surface area (Å²) in [4.78, 5) is 16.3. The number of nitrogens with one attached hydrogen (secondary N) is 2. The molecule has 1 aromatic heterocycles. The minimum Gasteiger partial charge on any atom is -0.388 e. The molecule has 2 rings (SSSR count). The SMILES string of the molecule is Cc1nc2c(cc1C(=O)NC(=N)N)C(O)CCCC2. The molecular formula is C13H18N4O2. The highest BCUT2D eigenvalue weighted by Crippen LogP contribution is 2.28. The molecule has 19 heavy (non-hydrogen) atoms. The van der Waals surface area contributed by atoms with Crippen molar-refractivity contribution in [2.75, 3.05) is 0 Å². The molecule has 1 atom stereocenters. The van der Waals surface area contributed by atoms with Gasteiger partial charge in [-0.25, -0.2) is 0 Å². The van der Waals surface area contributed by atoms with E-state index in [2.05, 4.69) is 10.3 Å². The van der Waals surface area contributed by atoms with Gasteiger partial charge in [0, 0.05) is 11.3 Å². The lowest BCUT2D eigenvalue weighted by Gasteiger charge is -2.14. The molecule has 1 aromatic rings. The monoisotopic (exact) mass is 262 g/mol. The lowest BCUT2D eigenvalue weighted by Crippen LogP contribution is -2.36. The molecule has 0 saturated carbocycles. The normalized spacial score (nSPS) is 18.3. The van der Waals surface area contributed by atoms with Crippen molar-refractivity contribution in [1.29, 1.82) is 5.41 Å². The standard InChI is InChI=1S/C13H18N4O2/c1-7-8(12(19)17-13(14)15)6-9-10(16-7)4-2-3-5-11(9)18/h6,11,18H,2-5H2,1H3,(H4,14,15,17,19). The number of aliphatic hydroxyl groups is 1. The van der Waals surface area contributed by atoms with Crippen molar-refractivity contribution in [1.82, 2.24) is 10.3 Å². The second-order valence-corrected chi connectivity index (χ2v) is 4.79. The largest absolute Gasteiger partial charge is 0.388 e. The van der Waals surface area contributed by atoms with Crippen LogP contribution in [0.25, 0.3) is 0 Å². The molecule has 1 aliphatic rings. The molecule has 1 heterocycles. The first-order valence-corrected chi connectivity index (χ1v) is 6.33. The topological polar surface area (TPSA) is 112 Å². The van der Waals surface area contributed by atoms with E-state index >= 15 is 0 Å². The zero-order valence-corrected chi connectivity index (χ0v) is 10.9. The summed E-state index contributed by atoms with van der Waals surface area (Å²) in [5, 5.41) is 19.4. The smallest absolute Gasteiger partial charge is 0.259 e. The van der Waals surface area contributed by atoms with Crippen LogP contribution in [0.4, 0.5) is 0 Å². The van der Waals surface area contributed by atoms with Crippen LogP contribution in [0, 0.1) is 12.3 Å². The van der Waals surface area contributed by atoms with Gasteiger partial charge >= 0.3 is 0 Å². The molecule has 0 saturated heterocycles. The van der Waals surface area contributed by atoms with Gasteiger partial charge in [0.25, 0.3) is 5.91 Å². The summed E-state index contributed by atoms with van der Waals surface area (Å²) >= 11 is 0. The minimum atomic E-state index is -0.575. The van der Waals surface area contributed by atoms with Crippen LogP contribution in [0.5, 0.6) is 0 Å². The number of nitrogens with two attached hydrogens (primary N) is 1. The number of hydrogen-bond acceptors (Lipinski definition) is 4. The highest BCUT2D eigenvalue weighted by Gasteiger charge is 2.21. The van der Waals surface area contributed by atoms with Gasteiger partial charge < -0.3 is 10.8 Å². The third kappa shape index (κ3) is 2.90. The van der Waals surface area contributed by atoms with Crippen LogP contribution >= 0.6 is 0 Å². The maximum absolute atomic E-state index is 11.9. The number of fused-ring (bicyclic) bond motifs is 1. The Labute approximate surface area is 111 Å². The zero-order valence-electron chi connectivity index (χ0n) is 10.9. The van der Waals surface area contributed by atoms with Gasteiger partial charge in [-0.2, -0.15) is 0 Å². The van der Waals surface area contributed by atoms with E-state index in [1.165, 1.54) is 0 Å². The highest BCUT2D eigenvalue weighted by atomic mass is 16.3. The third-order valence-electron chi connectivity index (χ3n) is 3.32. The Morgan fingerprint density at radius 2 is 2.32 bits per heavy atom. The van der Waals surface area contributed by atoms with E-state index < -0.39 is 18.0 Å². The van der Waals surface area contributed by atoms with E-state index in [4.69, 9.17) is 11.1 Å². The molecule has 6 heteroatoms. The Balaban J connectivity index is 2.41. The van der Waals surface area contributed by atoms with Crippen LogP contribution in [-0.4, -0.2) is 22.0 Å². The number of carbonyl (C=O) groups is 1. The van der Waals surface area contributed by atoms with Crippen molar-refractivity contribution in [3.8, 4) is 0 Å². The highest BCUT2D eigenvalue weighted by molar-refractivity contribution is 6.05. The molecule has 0 aromatic carbocycles. The van der Waals surface area contributed by atoms with Gasteiger partial charge in [0.2, 0.25) is 0 Å². The molecule has 0 aliphatic heterocycles. The van der Waals surface area contributed by atoms with E-state index in [1.807, 2.05) is 0 Å². The molecule has 1 unspecified atom stereocenters. The minimum absolute atomic E-state index is 0.356. The summed E-state index contributed by atoms with van der Waals surface area (Å²) in [6.07, 6.45) is 2.88. The fourth-order valence-electron chi connectivity index (χ4n) is 2.36. The third-order valence-corrected chi connectivity index (χ3v) is 3.32. The average Bonchev–Trinajstić information content (AvgIpc) is 2.49. The molecule has 0 fully saturated rings. The lowest BCUT2D eigenvalue weighted by atomic mass is 10.0. The molecule has 0 radical (unpaired) electrons. The number of aromatic nitrogens is 1. The molecular weight excluding hydrogens is 244 g/mol. The molecule has 5 N–H and O–H groups in total. The maximum Gasteiger partial charge on any atom is 0.259 e. The van der Waals surface area contributed by atoms with Crippen LogP contribution < -0.4 is 11.1 Å². The van der Waals surface area contributed by atoms with Crippen LogP contribution in [0.3, 0.4) is 0 Å². The number of hydrogen-bond donors (Lipinski definition) is 4. The molecule has 102 valence electrons. The van der Waals surface area contributed by atoms with Crippen LogP contribution in [-0.2, 0) is 6.42 Å². The Morgan fingerprint density at radius 1 is 1.58 bits per heavy atom. The first kappa shape index (κ1) is 13.5. The van der Waals surface area contributed by atoms with E-state index in [0.717, 1.165) is 30.5 Å². The summed E-state index contributed by atoms with van der Waals surface area (Å²) in [5.41, 5.74) is 7.68. The number of rotatable bonds is 1. The summed E-state index contributed by atoms with van der Waals surface area (Å²) in [5.74, 6) is -0.864. The predicted octanol–water partition coefficient (Wildman–Crippen LogP) is 0.773. The van der Waals surface area contributed by atoms with Crippen molar-refractivity contribution in [3.63, 3.8) is 0 Å². The average molecular weight is 262 g/mol. The molecule has 0 spiro atoms. The van der Waals surface area contributed by atoms with E-state index in [0.29, 0.717) is 17.7 Å².